The topological polar surface area (TPSA) is 61.7 Å². The van der Waals surface area contributed by atoms with Crippen molar-refractivity contribution < 1.29 is 0 Å². The van der Waals surface area contributed by atoms with Crippen molar-refractivity contribution in [3.05, 3.63) is 24.9 Å². The fraction of sp³-hybridized carbons (Fsp3) is 0.571. The van der Waals surface area contributed by atoms with Gasteiger partial charge < -0.3 is 10.3 Å². The van der Waals surface area contributed by atoms with Gasteiger partial charge in [-0.05, 0) is 13.3 Å². The molecule has 2 N–H and O–H groups in total. The Labute approximate surface area is 114 Å². The smallest absolute Gasteiger partial charge is 0.0954 e. The molecule has 1 atom stereocenters. The molecule has 0 aromatic carbocycles. The molecule has 2 aromatic heterocycles. The molecule has 0 saturated heterocycles. The van der Waals surface area contributed by atoms with Crippen LogP contribution in [0.5, 0.6) is 0 Å². The van der Waals surface area contributed by atoms with E-state index < -0.39 is 0 Å². The molecule has 2 rings (SSSR count). The predicted octanol–water partition coefficient (Wildman–Crippen LogP) is 2.46. The summed E-state index contributed by atoms with van der Waals surface area (Å²) in [5.74, 6) is 0. The average Bonchev–Trinajstić information content (AvgIpc) is 3.07. The van der Waals surface area contributed by atoms with Crippen LogP contribution in [0.1, 0.15) is 39.2 Å². The van der Waals surface area contributed by atoms with Crippen LogP contribution in [0, 0.1) is 0 Å². The number of imidazole rings is 1. The van der Waals surface area contributed by atoms with Crippen molar-refractivity contribution in [3.8, 4) is 11.3 Å². The van der Waals surface area contributed by atoms with Crippen LogP contribution in [0.25, 0.3) is 11.3 Å². The van der Waals surface area contributed by atoms with E-state index in [0.29, 0.717) is 12.6 Å². The van der Waals surface area contributed by atoms with Gasteiger partial charge in [0.2, 0.25) is 0 Å². The number of hydrogen-bond acceptors (Lipinski definition) is 3. The minimum absolute atomic E-state index is 0.322. The Morgan fingerprint density at radius 1 is 1.32 bits per heavy atom. The lowest BCUT2D eigenvalue weighted by atomic mass is 10.1. The van der Waals surface area contributed by atoms with Gasteiger partial charge in [0.05, 0.1) is 24.4 Å². The van der Waals surface area contributed by atoms with Crippen molar-refractivity contribution in [3.63, 3.8) is 0 Å². The number of aromatic nitrogens is 4. The van der Waals surface area contributed by atoms with Crippen molar-refractivity contribution in [2.75, 3.05) is 6.54 Å². The molecule has 0 spiro atoms. The molecule has 2 aromatic rings. The molecule has 0 bridgehead atoms. The second-order valence-corrected chi connectivity index (χ2v) is 4.80. The maximum Gasteiger partial charge on any atom is 0.0954 e. The van der Waals surface area contributed by atoms with Crippen molar-refractivity contribution in [1.29, 1.82) is 0 Å². The molecule has 2 heterocycles. The molecule has 1 unspecified atom stereocenters. The highest BCUT2D eigenvalue weighted by Gasteiger charge is 2.14. The molecule has 0 amide bonds. The Hall–Kier alpha value is -1.62. The third-order valence-electron chi connectivity index (χ3n) is 3.48. The van der Waals surface area contributed by atoms with Gasteiger partial charge in [0.1, 0.15) is 0 Å². The van der Waals surface area contributed by atoms with Gasteiger partial charge in [0, 0.05) is 30.9 Å². The van der Waals surface area contributed by atoms with Crippen LogP contribution in [0.2, 0.25) is 0 Å². The van der Waals surface area contributed by atoms with E-state index in [4.69, 9.17) is 5.73 Å². The predicted molar refractivity (Wildman–Crippen MR) is 76.7 cm³/mol. The Balaban J connectivity index is 2.25. The molecule has 0 aliphatic heterocycles. The van der Waals surface area contributed by atoms with E-state index in [9.17, 15) is 0 Å². The molecule has 0 saturated carbocycles. The van der Waals surface area contributed by atoms with Gasteiger partial charge in [-0.2, -0.15) is 5.10 Å². The molecule has 0 aliphatic rings. The summed E-state index contributed by atoms with van der Waals surface area (Å²) in [6.45, 7) is 5.81. The molecule has 19 heavy (non-hydrogen) atoms. The lowest BCUT2D eigenvalue weighted by molar-refractivity contribution is 0.461. The maximum atomic E-state index is 5.91. The Morgan fingerprint density at radius 3 is 2.79 bits per heavy atom. The van der Waals surface area contributed by atoms with Crippen molar-refractivity contribution in [2.45, 2.75) is 45.7 Å². The zero-order valence-corrected chi connectivity index (χ0v) is 11.8. The van der Waals surface area contributed by atoms with Crippen LogP contribution >= 0.6 is 0 Å². The SMILES string of the molecule is CCCCC(CN)n1cncc1-c1cnn(CC)c1. The van der Waals surface area contributed by atoms with E-state index in [-0.39, 0.29) is 0 Å². The fourth-order valence-corrected chi connectivity index (χ4v) is 2.30. The monoisotopic (exact) mass is 261 g/mol. The molecular weight excluding hydrogens is 238 g/mol. The number of aryl methyl sites for hydroxylation is 1. The minimum atomic E-state index is 0.322. The molecule has 0 aliphatic carbocycles. The minimum Gasteiger partial charge on any atom is -0.328 e. The Bertz CT molecular complexity index is 499. The second kappa shape index (κ2) is 6.52. The summed E-state index contributed by atoms with van der Waals surface area (Å²) in [6.07, 6.45) is 11.2. The highest BCUT2D eigenvalue weighted by atomic mass is 15.3. The van der Waals surface area contributed by atoms with Gasteiger partial charge in [-0.1, -0.05) is 19.8 Å². The highest BCUT2D eigenvalue weighted by molar-refractivity contribution is 5.56. The molecule has 104 valence electrons. The summed E-state index contributed by atoms with van der Waals surface area (Å²) in [7, 11) is 0. The summed E-state index contributed by atoms with van der Waals surface area (Å²) < 4.78 is 4.11. The van der Waals surface area contributed by atoms with E-state index in [1.54, 1.807) is 0 Å². The largest absolute Gasteiger partial charge is 0.328 e. The Morgan fingerprint density at radius 2 is 2.16 bits per heavy atom. The van der Waals surface area contributed by atoms with Gasteiger partial charge in [-0.3, -0.25) is 4.68 Å². The van der Waals surface area contributed by atoms with Gasteiger partial charge in [0.25, 0.3) is 0 Å². The van der Waals surface area contributed by atoms with E-state index >= 15 is 0 Å². The zero-order chi connectivity index (χ0) is 13.7. The van der Waals surface area contributed by atoms with Gasteiger partial charge in [-0.25, -0.2) is 4.98 Å². The van der Waals surface area contributed by atoms with Crippen LogP contribution < -0.4 is 5.73 Å². The molecule has 5 heteroatoms. The molecule has 5 nitrogen and oxygen atoms in total. The van der Waals surface area contributed by atoms with Crippen LogP contribution in [-0.4, -0.2) is 25.9 Å². The quantitative estimate of drug-likeness (QED) is 0.832. The molecule has 0 radical (unpaired) electrons. The number of hydrogen-bond donors (Lipinski definition) is 1. The Kier molecular flexibility index (Phi) is 4.74. The van der Waals surface area contributed by atoms with Crippen molar-refractivity contribution in [1.82, 2.24) is 19.3 Å². The summed E-state index contributed by atoms with van der Waals surface area (Å²) in [5.41, 5.74) is 8.12. The zero-order valence-electron chi connectivity index (χ0n) is 11.8. The van der Waals surface area contributed by atoms with Gasteiger partial charge in [-0.15, -0.1) is 0 Å². The first-order valence-electron chi connectivity index (χ1n) is 7.04. The number of rotatable bonds is 7. The summed E-state index contributed by atoms with van der Waals surface area (Å²) in [6, 6.07) is 0.322. The highest BCUT2D eigenvalue weighted by Crippen LogP contribution is 2.24. The summed E-state index contributed by atoms with van der Waals surface area (Å²) in [4.78, 5) is 4.28. The number of nitrogens with zero attached hydrogens (tertiary/aromatic N) is 4. The first kappa shape index (κ1) is 13.8. The van der Waals surface area contributed by atoms with Crippen molar-refractivity contribution >= 4 is 0 Å². The van der Waals surface area contributed by atoms with E-state index in [1.165, 1.54) is 12.8 Å². The normalized spacial score (nSPS) is 12.8. The lowest BCUT2D eigenvalue weighted by Gasteiger charge is -2.18. The first-order valence-corrected chi connectivity index (χ1v) is 7.04. The third-order valence-corrected chi connectivity index (χ3v) is 3.48. The second-order valence-electron chi connectivity index (χ2n) is 4.80. The van der Waals surface area contributed by atoms with Crippen LogP contribution in [-0.2, 0) is 6.54 Å². The molecule has 0 fully saturated rings. The number of nitrogens with two attached hydrogens (primary N) is 1. The third kappa shape index (κ3) is 3.04. The van der Waals surface area contributed by atoms with E-state index in [2.05, 4.69) is 34.7 Å². The number of unbranched alkanes of at least 4 members (excludes halogenated alkanes) is 1. The lowest BCUT2D eigenvalue weighted by Crippen LogP contribution is -2.19. The van der Waals surface area contributed by atoms with Gasteiger partial charge in [0.15, 0.2) is 0 Å². The van der Waals surface area contributed by atoms with Crippen LogP contribution in [0.15, 0.2) is 24.9 Å². The van der Waals surface area contributed by atoms with Gasteiger partial charge >= 0.3 is 0 Å². The van der Waals surface area contributed by atoms with Crippen LogP contribution in [0.3, 0.4) is 0 Å². The summed E-state index contributed by atoms with van der Waals surface area (Å²) in [5, 5.41) is 4.32. The maximum absolute atomic E-state index is 5.91. The summed E-state index contributed by atoms with van der Waals surface area (Å²) >= 11 is 0. The molecular formula is C14H23N5. The van der Waals surface area contributed by atoms with Crippen molar-refractivity contribution in [2.24, 2.45) is 5.73 Å². The van der Waals surface area contributed by atoms with Crippen LogP contribution in [0.4, 0.5) is 0 Å². The van der Waals surface area contributed by atoms with E-state index in [0.717, 1.165) is 24.2 Å². The fourth-order valence-electron chi connectivity index (χ4n) is 2.30. The van der Waals surface area contributed by atoms with E-state index in [1.807, 2.05) is 23.4 Å². The first-order chi connectivity index (χ1) is 9.30. The standard InChI is InChI=1S/C14H23N5/c1-3-5-6-13(7-15)19-11-16-9-14(19)12-8-17-18(4-2)10-12/h8-11,13H,3-7,15H2,1-2H3. The average molecular weight is 261 g/mol.